The highest BCUT2D eigenvalue weighted by Gasteiger charge is 2.46. The van der Waals surface area contributed by atoms with Crippen LogP contribution in [0.5, 0.6) is 11.5 Å². The van der Waals surface area contributed by atoms with Crippen molar-refractivity contribution < 1.29 is 24.2 Å². The fourth-order valence-corrected chi connectivity index (χ4v) is 4.06. The van der Waals surface area contributed by atoms with Gasteiger partial charge in [-0.05, 0) is 35.4 Å². The number of benzene rings is 2. The van der Waals surface area contributed by atoms with Gasteiger partial charge in [0.1, 0.15) is 19.0 Å². The van der Waals surface area contributed by atoms with E-state index in [-0.39, 0.29) is 17.9 Å². The Labute approximate surface area is 184 Å². The van der Waals surface area contributed by atoms with Gasteiger partial charge in [-0.25, -0.2) is 0 Å². The highest BCUT2D eigenvalue weighted by Crippen LogP contribution is 2.41. The number of aromatic nitrogens is 1. The summed E-state index contributed by atoms with van der Waals surface area (Å²) in [7, 11) is 0. The van der Waals surface area contributed by atoms with E-state index in [1.807, 2.05) is 36.4 Å². The third kappa shape index (κ3) is 3.47. The summed E-state index contributed by atoms with van der Waals surface area (Å²) in [6, 6.07) is 17.1. The molecule has 1 unspecified atom stereocenters. The maximum absolute atomic E-state index is 13.1. The van der Waals surface area contributed by atoms with Crippen LogP contribution < -0.4 is 9.47 Å². The first-order chi connectivity index (χ1) is 15.6. The predicted octanol–water partition coefficient (Wildman–Crippen LogP) is 3.47. The molecule has 7 nitrogen and oxygen atoms in total. The Morgan fingerprint density at radius 3 is 2.53 bits per heavy atom. The SMILES string of the molecule is O=C1C(=O)N(Cc2cccnc2)C(c2ccccc2)C1=C(O)c1ccc2c(c1)OCCO2. The lowest BCUT2D eigenvalue weighted by atomic mass is 9.95. The van der Waals surface area contributed by atoms with Gasteiger partial charge in [0, 0.05) is 24.5 Å². The fraction of sp³-hybridized carbons (Fsp3) is 0.160. The minimum Gasteiger partial charge on any atom is -0.507 e. The topological polar surface area (TPSA) is 89.0 Å². The highest BCUT2D eigenvalue weighted by molar-refractivity contribution is 6.46. The van der Waals surface area contributed by atoms with E-state index in [4.69, 9.17) is 9.47 Å². The van der Waals surface area contributed by atoms with Crippen molar-refractivity contribution in [2.75, 3.05) is 13.2 Å². The molecular formula is C25H20N2O5. The first-order valence-electron chi connectivity index (χ1n) is 10.3. The number of hydrogen-bond donors (Lipinski definition) is 1. The van der Waals surface area contributed by atoms with Gasteiger partial charge < -0.3 is 19.5 Å². The molecule has 7 heteroatoms. The number of aliphatic hydroxyl groups excluding tert-OH is 1. The molecule has 0 bridgehead atoms. The second kappa shape index (κ2) is 8.19. The van der Waals surface area contributed by atoms with E-state index in [0.29, 0.717) is 30.3 Å². The van der Waals surface area contributed by atoms with Crippen LogP contribution in [0, 0.1) is 0 Å². The van der Waals surface area contributed by atoms with Gasteiger partial charge in [-0.15, -0.1) is 0 Å². The average Bonchev–Trinajstić information content (AvgIpc) is 3.09. The summed E-state index contributed by atoms with van der Waals surface area (Å²) in [5, 5.41) is 11.2. The monoisotopic (exact) mass is 428 g/mol. The van der Waals surface area contributed by atoms with Crippen molar-refractivity contribution in [3.05, 3.63) is 95.3 Å². The number of hydrogen-bond acceptors (Lipinski definition) is 6. The summed E-state index contributed by atoms with van der Waals surface area (Å²) >= 11 is 0. The maximum atomic E-state index is 13.1. The molecule has 0 saturated carbocycles. The van der Waals surface area contributed by atoms with E-state index in [9.17, 15) is 14.7 Å². The predicted molar refractivity (Wildman–Crippen MR) is 116 cm³/mol. The van der Waals surface area contributed by atoms with Crippen LogP contribution in [0.15, 0.2) is 78.6 Å². The molecule has 3 heterocycles. The molecule has 1 fully saturated rings. The molecule has 160 valence electrons. The number of carbonyl (C=O) groups is 2. The van der Waals surface area contributed by atoms with Crippen LogP contribution in [0.1, 0.15) is 22.7 Å². The van der Waals surface area contributed by atoms with E-state index in [0.717, 1.165) is 11.1 Å². The van der Waals surface area contributed by atoms with Crippen LogP contribution in [0.4, 0.5) is 0 Å². The van der Waals surface area contributed by atoms with Crippen molar-refractivity contribution in [2.24, 2.45) is 0 Å². The maximum Gasteiger partial charge on any atom is 0.295 e. The Bertz CT molecular complexity index is 1210. The van der Waals surface area contributed by atoms with Crippen LogP contribution in [0.2, 0.25) is 0 Å². The molecule has 2 aromatic carbocycles. The first-order valence-corrected chi connectivity index (χ1v) is 10.3. The lowest BCUT2D eigenvalue weighted by molar-refractivity contribution is -0.140. The molecule has 0 radical (unpaired) electrons. The van der Waals surface area contributed by atoms with Crippen LogP contribution in [-0.2, 0) is 16.1 Å². The van der Waals surface area contributed by atoms with Gasteiger partial charge in [-0.1, -0.05) is 36.4 Å². The number of fused-ring (bicyclic) bond motifs is 1. The lowest BCUT2D eigenvalue weighted by Crippen LogP contribution is -2.29. The Hall–Kier alpha value is -4.13. The summed E-state index contributed by atoms with van der Waals surface area (Å²) in [5.41, 5.74) is 1.95. The minimum atomic E-state index is -0.732. The number of ether oxygens (including phenoxy) is 2. The van der Waals surface area contributed by atoms with E-state index in [1.54, 1.807) is 36.7 Å². The standard InChI is InChI=1S/C25H20N2O5/c28-23(18-8-9-19-20(13-18)32-12-11-31-19)21-22(17-6-2-1-3-7-17)27(25(30)24(21)29)15-16-5-4-10-26-14-16/h1-10,13-14,22,28H,11-12,15H2. The van der Waals surface area contributed by atoms with Crippen LogP contribution in [0.25, 0.3) is 5.76 Å². The zero-order valence-corrected chi connectivity index (χ0v) is 17.1. The molecule has 1 N–H and O–H groups in total. The number of ketones is 1. The van der Waals surface area contributed by atoms with E-state index in [1.165, 1.54) is 4.90 Å². The smallest absolute Gasteiger partial charge is 0.295 e. The first kappa shape index (κ1) is 19.8. The van der Waals surface area contributed by atoms with Gasteiger partial charge in [0.05, 0.1) is 11.6 Å². The number of pyridine rings is 1. The van der Waals surface area contributed by atoms with E-state index in [2.05, 4.69) is 4.98 Å². The molecule has 5 rings (SSSR count). The number of likely N-dealkylation sites (tertiary alicyclic amines) is 1. The molecule has 1 aromatic heterocycles. The number of carbonyl (C=O) groups excluding carboxylic acids is 2. The number of Topliss-reactive ketones (excluding diaryl/α,β-unsaturated/α-hetero) is 1. The van der Waals surface area contributed by atoms with Crippen LogP contribution in [-0.4, -0.2) is 39.9 Å². The summed E-state index contributed by atoms with van der Waals surface area (Å²) in [4.78, 5) is 31.7. The second-order valence-corrected chi connectivity index (χ2v) is 7.56. The minimum absolute atomic E-state index is 0.0433. The second-order valence-electron chi connectivity index (χ2n) is 7.56. The number of amides is 1. The molecule has 2 aliphatic heterocycles. The lowest BCUT2D eigenvalue weighted by Gasteiger charge is -2.25. The molecule has 3 aromatic rings. The molecule has 1 amide bonds. The summed E-state index contributed by atoms with van der Waals surface area (Å²) in [6.07, 6.45) is 3.30. The zero-order valence-electron chi connectivity index (χ0n) is 17.1. The molecule has 0 spiro atoms. The third-order valence-corrected chi connectivity index (χ3v) is 5.55. The molecule has 1 atom stereocenters. The molecule has 1 saturated heterocycles. The van der Waals surface area contributed by atoms with Crippen LogP contribution in [0.3, 0.4) is 0 Å². The third-order valence-electron chi connectivity index (χ3n) is 5.55. The Kier molecular flexibility index (Phi) is 5.07. The number of rotatable bonds is 4. The number of aliphatic hydroxyl groups is 1. The Morgan fingerprint density at radius 2 is 1.78 bits per heavy atom. The van der Waals surface area contributed by atoms with Gasteiger partial charge in [0.2, 0.25) is 0 Å². The summed E-state index contributed by atoms with van der Waals surface area (Å²) in [6.45, 7) is 1.04. The number of nitrogens with zero attached hydrogens (tertiary/aromatic N) is 2. The summed E-state index contributed by atoms with van der Waals surface area (Å²) in [5.74, 6) is -0.578. The molecule has 0 aliphatic carbocycles. The van der Waals surface area contributed by atoms with Crippen LogP contribution >= 0.6 is 0 Å². The largest absolute Gasteiger partial charge is 0.507 e. The van der Waals surface area contributed by atoms with E-state index < -0.39 is 17.7 Å². The highest BCUT2D eigenvalue weighted by atomic mass is 16.6. The average molecular weight is 428 g/mol. The zero-order chi connectivity index (χ0) is 22.1. The quantitative estimate of drug-likeness (QED) is 0.389. The molecule has 2 aliphatic rings. The van der Waals surface area contributed by atoms with Gasteiger partial charge in [0.25, 0.3) is 11.7 Å². The fourth-order valence-electron chi connectivity index (χ4n) is 4.06. The van der Waals surface area contributed by atoms with Gasteiger partial charge in [-0.3, -0.25) is 14.6 Å². The van der Waals surface area contributed by atoms with Gasteiger partial charge >= 0.3 is 0 Å². The van der Waals surface area contributed by atoms with Gasteiger partial charge in [0.15, 0.2) is 11.5 Å². The van der Waals surface area contributed by atoms with Crippen molar-refractivity contribution >= 4 is 17.4 Å². The van der Waals surface area contributed by atoms with Crippen molar-refractivity contribution in [2.45, 2.75) is 12.6 Å². The Morgan fingerprint density at radius 1 is 1.00 bits per heavy atom. The van der Waals surface area contributed by atoms with Crippen molar-refractivity contribution in [3.8, 4) is 11.5 Å². The summed E-state index contributed by atoms with van der Waals surface area (Å²) < 4.78 is 11.1. The van der Waals surface area contributed by atoms with Gasteiger partial charge in [-0.2, -0.15) is 0 Å². The molecule has 32 heavy (non-hydrogen) atoms. The van der Waals surface area contributed by atoms with Crippen molar-refractivity contribution in [1.29, 1.82) is 0 Å². The van der Waals surface area contributed by atoms with Crippen molar-refractivity contribution in [3.63, 3.8) is 0 Å². The molecular weight excluding hydrogens is 408 g/mol. The van der Waals surface area contributed by atoms with Crippen molar-refractivity contribution in [1.82, 2.24) is 9.88 Å². The van der Waals surface area contributed by atoms with E-state index >= 15 is 0 Å². The normalized spacial score (nSPS) is 19.2. The Balaban J connectivity index is 1.62.